The van der Waals surface area contributed by atoms with Crippen molar-refractivity contribution in [2.75, 3.05) is 5.73 Å². The Balaban J connectivity index is 2.48. The average Bonchev–Trinajstić information content (AvgIpc) is 2.44. The molecule has 0 spiro atoms. The molecule has 1 heterocycles. The molecule has 0 saturated heterocycles. The Morgan fingerprint density at radius 2 is 2.31 bits per heavy atom. The first-order chi connectivity index (χ1) is 6.29. The van der Waals surface area contributed by atoms with E-state index >= 15 is 0 Å². The molecule has 2 N–H and O–H groups in total. The number of thiazole rings is 1. The minimum absolute atomic E-state index is 0.656. The number of fused-ring (bicyclic) bond motifs is 1. The molecule has 0 atom stereocenters. The molecule has 0 unspecified atom stereocenters. The van der Waals surface area contributed by atoms with Gasteiger partial charge in [-0.3, -0.25) is 0 Å². The van der Waals surface area contributed by atoms with Crippen LogP contribution in [0.2, 0.25) is 0 Å². The number of rotatable bonds is 2. The van der Waals surface area contributed by atoms with Gasteiger partial charge in [0.25, 0.3) is 0 Å². The molecule has 0 aliphatic rings. The third kappa shape index (κ3) is 1.65. The van der Waals surface area contributed by atoms with Crippen LogP contribution in [0.3, 0.4) is 0 Å². The molecule has 0 aliphatic heterocycles. The maximum absolute atomic E-state index is 5.62. The first-order valence-electron chi connectivity index (χ1n) is 4.44. The average molecular weight is 192 g/mol. The molecule has 0 radical (unpaired) electrons. The van der Waals surface area contributed by atoms with Crippen molar-refractivity contribution in [2.24, 2.45) is 0 Å². The monoisotopic (exact) mass is 192 g/mol. The van der Waals surface area contributed by atoms with Gasteiger partial charge in [0.1, 0.15) is 0 Å². The van der Waals surface area contributed by atoms with Gasteiger partial charge < -0.3 is 5.73 Å². The number of hydrogen-bond acceptors (Lipinski definition) is 3. The summed E-state index contributed by atoms with van der Waals surface area (Å²) in [6.45, 7) is 2.19. The van der Waals surface area contributed by atoms with Crippen molar-refractivity contribution in [1.29, 1.82) is 0 Å². The van der Waals surface area contributed by atoms with Crippen LogP contribution >= 0.6 is 11.3 Å². The third-order valence-corrected chi connectivity index (χ3v) is 2.86. The normalized spacial score (nSPS) is 10.8. The lowest BCUT2D eigenvalue weighted by Gasteiger charge is -1.96. The van der Waals surface area contributed by atoms with Gasteiger partial charge in [-0.2, -0.15) is 0 Å². The van der Waals surface area contributed by atoms with Gasteiger partial charge in [-0.15, -0.1) is 0 Å². The summed E-state index contributed by atoms with van der Waals surface area (Å²) in [5, 5.41) is 0.656. The van der Waals surface area contributed by atoms with Crippen LogP contribution in [0.4, 0.5) is 5.13 Å². The first kappa shape index (κ1) is 8.51. The van der Waals surface area contributed by atoms with Crippen molar-refractivity contribution in [3.8, 4) is 0 Å². The van der Waals surface area contributed by atoms with E-state index in [0.29, 0.717) is 5.13 Å². The molecule has 2 rings (SSSR count). The second-order valence-electron chi connectivity index (χ2n) is 3.10. The topological polar surface area (TPSA) is 38.9 Å². The highest BCUT2D eigenvalue weighted by Gasteiger charge is 2.00. The lowest BCUT2D eigenvalue weighted by molar-refractivity contribution is 0.924. The van der Waals surface area contributed by atoms with E-state index in [0.717, 1.165) is 11.9 Å². The van der Waals surface area contributed by atoms with Crippen LogP contribution in [-0.4, -0.2) is 4.98 Å². The largest absolute Gasteiger partial charge is 0.375 e. The summed E-state index contributed by atoms with van der Waals surface area (Å²) in [6.07, 6.45) is 2.31. The molecule has 0 aliphatic carbocycles. The lowest BCUT2D eigenvalue weighted by atomic mass is 10.1. The molecule has 0 bridgehead atoms. The van der Waals surface area contributed by atoms with E-state index < -0.39 is 0 Å². The van der Waals surface area contributed by atoms with Gasteiger partial charge in [0, 0.05) is 0 Å². The number of anilines is 1. The van der Waals surface area contributed by atoms with Crippen molar-refractivity contribution in [1.82, 2.24) is 4.98 Å². The fourth-order valence-corrected chi connectivity index (χ4v) is 2.23. The lowest BCUT2D eigenvalue weighted by Crippen LogP contribution is -1.81. The minimum Gasteiger partial charge on any atom is -0.375 e. The summed E-state index contributed by atoms with van der Waals surface area (Å²) >= 11 is 1.56. The van der Waals surface area contributed by atoms with E-state index in [1.807, 2.05) is 6.07 Å². The van der Waals surface area contributed by atoms with Crippen molar-refractivity contribution < 1.29 is 0 Å². The van der Waals surface area contributed by atoms with Gasteiger partial charge >= 0.3 is 0 Å². The highest BCUT2D eigenvalue weighted by atomic mass is 32.1. The second-order valence-corrected chi connectivity index (χ2v) is 4.17. The van der Waals surface area contributed by atoms with Crippen molar-refractivity contribution >= 4 is 26.7 Å². The molecule has 2 nitrogen and oxygen atoms in total. The van der Waals surface area contributed by atoms with Crippen LogP contribution < -0.4 is 5.73 Å². The maximum atomic E-state index is 5.62. The first-order valence-corrected chi connectivity index (χ1v) is 5.26. The van der Waals surface area contributed by atoms with Crippen LogP contribution in [0.25, 0.3) is 10.2 Å². The number of aromatic nitrogens is 1. The Morgan fingerprint density at radius 1 is 1.46 bits per heavy atom. The van der Waals surface area contributed by atoms with E-state index in [1.165, 1.54) is 16.7 Å². The number of nitrogens with zero attached hydrogens (tertiary/aromatic N) is 1. The van der Waals surface area contributed by atoms with Crippen LogP contribution in [0.5, 0.6) is 0 Å². The summed E-state index contributed by atoms with van der Waals surface area (Å²) in [4.78, 5) is 4.21. The predicted molar refractivity (Wildman–Crippen MR) is 58.0 cm³/mol. The van der Waals surface area contributed by atoms with Crippen LogP contribution in [0, 0.1) is 0 Å². The Hall–Kier alpha value is -1.09. The molecule has 2 aromatic rings. The van der Waals surface area contributed by atoms with Gasteiger partial charge in [0.2, 0.25) is 0 Å². The molecule has 13 heavy (non-hydrogen) atoms. The Morgan fingerprint density at radius 3 is 3.08 bits per heavy atom. The van der Waals surface area contributed by atoms with Crippen LogP contribution in [0.1, 0.15) is 18.9 Å². The molecule has 0 saturated carbocycles. The van der Waals surface area contributed by atoms with Crippen molar-refractivity contribution in [2.45, 2.75) is 19.8 Å². The van der Waals surface area contributed by atoms with Gasteiger partial charge in [0.15, 0.2) is 5.13 Å². The predicted octanol–water partition coefficient (Wildman–Crippen LogP) is 2.83. The zero-order valence-corrected chi connectivity index (χ0v) is 8.40. The van der Waals surface area contributed by atoms with E-state index in [2.05, 4.69) is 24.0 Å². The molecule has 68 valence electrons. The van der Waals surface area contributed by atoms with Gasteiger partial charge in [-0.1, -0.05) is 30.7 Å². The van der Waals surface area contributed by atoms with Crippen LogP contribution in [0.15, 0.2) is 18.2 Å². The van der Waals surface area contributed by atoms with E-state index in [1.54, 1.807) is 11.3 Å². The second kappa shape index (κ2) is 3.34. The highest BCUT2D eigenvalue weighted by molar-refractivity contribution is 7.22. The molecular weight excluding hydrogens is 180 g/mol. The van der Waals surface area contributed by atoms with Gasteiger partial charge in [-0.05, 0) is 24.1 Å². The molecule has 1 aromatic heterocycles. The summed E-state index contributed by atoms with van der Waals surface area (Å²) in [5.74, 6) is 0. The van der Waals surface area contributed by atoms with E-state index in [9.17, 15) is 0 Å². The van der Waals surface area contributed by atoms with Gasteiger partial charge in [-0.25, -0.2) is 4.98 Å². The zero-order chi connectivity index (χ0) is 9.26. The zero-order valence-electron chi connectivity index (χ0n) is 7.58. The number of benzene rings is 1. The van der Waals surface area contributed by atoms with Crippen molar-refractivity contribution in [3.05, 3.63) is 23.8 Å². The molecule has 1 aromatic carbocycles. The molecule has 3 heteroatoms. The minimum atomic E-state index is 0.656. The fourth-order valence-electron chi connectivity index (χ4n) is 1.43. The Labute approximate surface area is 81.4 Å². The SMILES string of the molecule is CCCc1ccc2nc(N)sc2c1. The van der Waals surface area contributed by atoms with Gasteiger partial charge in [0.05, 0.1) is 10.2 Å². The number of aryl methyl sites for hydroxylation is 1. The highest BCUT2D eigenvalue weighted by Crippen LogP contribution is 2.24. The summed E-state index contributed by atoms with van der Waals surface area (Å²) < 4.78 is 1.20. The molecule has 0 fully saturated rings. The Bertz CT molecular complexity index is 420. The smallest absolute Gasteiger partial charge is 0.181 e. The molecule has 0 amide bonds. The fraction of sp³-hybridized carbons (Fsp3) is 0.300. The summed E-state index contributed by atoms with van der Waals surface area (Å²) in [5.41, 5.74) is 8.01. The quantitative estimate of drug-likeness (QED) is 0.794. The number of hydrogen-bond donors (Lipinski definition) is 1. The van der Waals surface area contributed by atoms with Crippen molar-refractivity contribution in [3.63, 3.8) is 0 Å². The standard InChI is InChI=1S/C10H12N2S/c1-2-3-7-4-5-8-9(6-7)13-10(11)12-8/h4-6H,2-3H2,1H3,(H2,11,12). The van der Waals surface area contributed by atoms with E-state index in [-0.39, 0.29) is 0 Å². The summed E-state index contributed by atoms with van der Waals surface area (Å²) in [7, 11) is 0. The summed E-state index contributed by atoms with van der Waals surface area (Å²) in [6, 6.07) is 6.37. The third-order valence-electron chi connectivity index (χ3n) is 2.01. The Kier molecular flexibility index (Phi) is 2.19. The number of nitrogens with two attached hydrogens (primary N) is 1. The van der Waals surface area contributed by atoms with E-state index in [4.69, 9.17) is 5.73 Å². The van der Waals surface area contributed by atoms with Crippen LogP contribution in [-0.2, 0) is 6.42 Å². The number of nitrogen functional groups attached to an aromatic ring is 1. The molecular formula is C10H12N2S. The maximum Gasteiger partial charge on any atom is 0.181 e.